The number of thiocarbonyl (C=S) groups is 1. The molecule has 1 amide bonds. The number of carbonyl (C=O) groups is 2. The van der Waals surface area contributed by atoms with E-state index in [2.05, 4.69) is 15.8 Å². The summed E-state index contributed by atoms with van der Waals surface area (Å²) < 4.78 is 9.80. The summed E-state index contributed by atoms with van der Waals surface area (Å²) in [5.41, 5.74) is 2.50. The van der Waals surface area contributed by atoms with Gasteiger partial charge in [0.25, 0.3) is 5.91 Å². The predicted octanol–water partition coefficient (Wildman–Crippen LogP) is 3.32. The molecule has 1 aliphatic rings. The van der Waals surface area contributed by atoms with Crippen molar-refractivity contribution in [3.05, 3.63) is 58.5 Å². The summed E-state index contributed by atoms with van der Waals surface area (Å²) in [7, 11) is 1.33. The highest BCUT2D eigenvalue weighted by Gasteiger charge is 2.34. The van der Waals surface area contributed by atoms with E-state index in [1.165, 1.54) is 7.11 Å². The molecule has 8 nitrogen and oxygen atoms in total. The number of nitrogens with one attached hydrogen (secondary N) is 2. The van der Waals surface area contributed by atoms with E-state index < -0.39 is 12.0 Å². The second-order valence-corrected chi connectivity index (χ2v) is 7.31. The van der Waals surface area contributed by atoms with Gasteiger partial charge in [0.1, 0.15) is 5.76 Å². The molecule has 2 heterocycles. The van der Waals surface area contributed by atoms with Crippen molar-refractivity contribution >= 4 is 35.0 Å². The molecule has 0 radical (unpaired) electrons. The van der Waals surface area contributed by atoms with Gasteiger partial charge in [0.15, 0.2) is 10.9 Å². The number of ether oxygens (including phenoxy) is 1. The van der Waals surface area contributed by atoms with Gasteiger partial charge in [0, 0.05) is 18.3 Å². The summed E-state index contributed by atoms with van der Waals surface area (Å²) in [6.07, 6.45) is 0.870. The molecular weight excluding hydrogens is 404 g/mol. The van der Waals surface area contributed by atoms with Crippen molar-refractivity contribution in [3.63, 3.8) is 0 Å². The zero-order valence-electron chi connectivity index (χ0n) is 17.3. The number of methoxy groups -OCH3 is 1. The number of carbonyl (C=O) groups excluding carboxylic acids is 2. The molecule has 0 aliphatic carbocycles. The topological polar surface area (TPSA) is 96.7 Å². The van der Waals surface area contributed by atoms with Crippen LogP contribution >= 0.6 is 12.2 Å². The molecule has 1 aromatic carbocycles. The molecule has 9 heteroatoms. The molecule has 3 rings (SSSR count). The maximum Gasteiger partial charge on any atom is 0.337 e. The van der Waals surface area contributed by atoms with Gasteiger partial charge in [-0.15, -0.1) is 0 Å². The Labute approximate surface area is 180 Å². The maximum atomic E-state index is 13.2. The first kappa shape index (κ1) is 21.5. The number of amides is 1. The minimum absolute atomic E-state index is 0.307. The van der Waals surface area contributed by atoms with Crippen LogP contribution in [0.1, 0.15) is 48.0 Å². The Morgan fingerprint density at radius 2 is 2.00 bits per heavy atom. The van der Waals surface area contributed by atoms with Crippen LogP contribution in [0.15, 0.2) is 46.1 Å². The lowest BCUT2D eigenvalue weighted by molar-refractivity contribution is -0.113. The second-order valence-electron chi connectivity index (χ2n) is 6.92. The fraction of sp³-hybridized carbons (Fsp3) is 0.333. The van der Waals surface area contributed by atoms with Gasteiger partial charge in [-0.3, -0.25) is 4.79 Å². The van der Waals surface area contributed by atoms with Crippen molar-refractivity contribution in [2.24, 2.45) is 0 Å². The van der Waals surface area contributed by atoms with E-state index in [-0.39, 0.29) is 5.91 Å². The maximum absolute atomic E-state index is 13.2. The number of nitrogens with zero attached hydrogens (tertiary/aromatic N) is 2. The molecule has 2 aromatic rings. The summed E-state index contributed by atoms with van der Waals surface area (Å²) in [4.78, 5) is 26.9. The SMILES string of the molecule is CCCN1C(=S)N[C@H](c2ccc(C(=O)OC)cc2)C(C(=O)Nc2cc(C)on2)=C1C. The van der Waals surface area contributed by atoms with Gasteiger partial charge in [0.2, 0.25) is 0 Å². The zero-order valence-corrected chi connectivity index (χ0v) is 18.1. The average Bonchev–Trinajstić information content (AvgIpc) is 3.14. The number of benzene rings is 1. The highest BCUT2D eigenvalue weighted by Crippen LogP contribution is 2.32. The Morgan fingerprint density at radius 1 is 1.30 bits per heavy atom. The normalized spacial score (nSPS) is 16.3. The predicted molar refractivity (Wildman–Crippen MR) is 116 cm³/mol. The van der Waals surface area contributed by atoms with Crippen LogP contribution in [0.3, 0.4) is 0 Å². The fourth-order valence-corrected chi connectivity index (χ4v) is 3.70. The molecule has 158 valence electrons. The first-order valence-electron chi connectivity index (χ1n) is 9.57. The largest absolute Gasteiger partial charge is 0.465 e. The van der Waals surface area contributed by atoms with E-state index in [1.807, 2.05) is 18.7 Å². The lowest BCUT2D eigenvalue weighted by Crippen LogP contribution is -2.48. The van der Waals surface area contributed by atoms with Crippen molar-refractivity contribution in [1.29, 1.82) is 0 Å². The van der Waals surface area contributed by atoms with Gasteiger partial charge in [-0.1, -0.05) is 24.2 Å². The average molecular weight is 429 g/mol. The molecule has 0 unspecified atom stereocenters. The third kappa shape index (κ3) is 4.35. The first-order chi connectivity index (χ1) is 14.3. The van der Waals surface area contributed by atoms with Crippen LogP contribution in [-0.2, 0) is 9.53 Å². The molecule has 0 fully saturated rings. The van der Waals surface area contributed by atoms with Crippen molar-refractivity contribution in [3.8, 4) is 0 Å². The second kappa shape index (κ2) is 9.08. The lowest BCUT2D eigenvalue weighted by Gasteiger charge is -2.37. The van der Waals surface area contributed by atoms with Crippen LogP contribution in [0, 0.1) is 6.92 Å². The van der Waals surface area contributed by atoms with Gasteiger partial charge in [-0.05, 0) is 50.2 Å². The molecule has 0 saturated carbocycles. The number of esters is 1. The molecular formula is C21H24N4O4S. The Hall–Kier alpha value is -3.20. The van der Waals surface area contributed by atoms with Gasteiger partial charge in [0.05, 0.1) is 24.3 Å². The third-order valence-electron chi connectivity index (χ3n) is 4.82. The molecule has 0 saturated heterocycles. The van der Waals surface area contributed by atoms with Gasteiger partial charge in [-0.2, -0.15) is 0 Å². The van der Waals surface area contributed by atoms with Gasteiger partial charge < -0.3 is 24.8 Å². The Balaban J connectivity index is 1.99. The van der Waals surface area contributed by atoms with E-state index in [9.17, 15) is 9.59 Å². The van der Waals surface area contributed by atoms with Crippen molar-refractivity contribution in [1.82, 2.24) is 15.4 Å². The summed E-state index contributed by atoms with van der Waals surface area (Å²) in [5, 5.41) is 10.4. The summed E-state index contributed by atoms with van der Waals surface area (Å²) in [6, 6.07) is 8.06. The molecule has 0 spiro atoms. The fourth-order valence-electron chi connectivity index (χ4n) is 3.36. The van der Waals surface area contributed by atoms with Crippen molar-refractivity contribution < 1.29 is 18.8 Å². The quantitative estimate of drug-likeness (QED) is 0.534. The number of aromatic nitrogens is 1. The lowest BCUT2D eigenvalue weighted by atomic mass is 9.93. The van der Waals surface area contributed by atoms with E-state index in [0.29, 0.717) is 34.4 Å². The number of rotatable bonds is 6. The monoisotopic (exact) mass is 428 g/mol. The van der Waals surface area contributed by atoms with Crippen LogP contribution in [-0.4, -0.2) is 40.7 Å². The van der Waals surface area contributed by atoms with E-state index in [4.69, 9.17) is 21.5 Å². The highest BCUT2D eigenvalue weighted by atomic mass is 32.1. The molecule has 1 atom stereocenters. The Bertz CT molecular complexity index is 997. The third-order valence-corrected chi connectivity index (χ3v) is 5.16. The van der Waals surface area contributed by atoms with Crippen molar-refractivity contribution in [2.45, 2.75) is 33.2 Å². The van der Waals surface area contributed by atoms with Crippen LogP contribution < -0.4 is 10.6 Å². The van der Waals surface area contributed by atoms with Crippen molar-refractivity contribution in [2.75, 3.05) is 19.0 Å². The molecule has 0 bridgehead atoms. The molecule has 1 aromatic heterocycles. The van der Waals surface area contributed by atoms with E-state index in [0.717, 1.165) is 17.7 Å². The molecule has 2 N–H and O–H groups in total. The highest BCUT2D eigenvalue weighted by molar-refractivity contribution is 7.80. The minimum atomic E-state index is -0.481. The molecule has 30 heavy (non-hydrogen) atoms. The smallest absolute Gasteiger partial charge is 0.337 e. The number of anilines is 1. The van der Waals surface area contributed by atoms with Crippen LogP contribution in [0.25, 0.3) is 0 Å². The number of allylic oxidation sites excluding steroid dienone is 1. The minimum Gasteiger partial charge on any atom is -0.465 e. The number of hydrogen-bond donors (Lipinski definition) is 2. The number of hydrogen-bond acceptors (Lipinski definition) is 6. The number of aryl methyl sites for hydroxylation is 1. The Morgan fingerprint density at radius 3 is 2.57 bits per heavy atom. The van der Waals surface area contributed by atoms with Crippen LogP contribution in [0.5, 0.6) is 0 Å². The summed E-state index contributed by atoms with van der Waals surface area (Å²) >= 11 is 5.55. The van der Waals surface area contributed by atoms with E-state index >= 15 is 0 Å². The van der Waals surface area contributed by atoms with Crippen LogP contribution in [0.2, 0.25) is 0 Å². The van der Waals surface area contributed by atoms with Gasteiger partial charge in [-0.25, -0.2) is 4.79 Å². The van der Waals surface area contributed by atoms with E-state index in [1.54, 1.807) is 37.3 Å². The van der Waals surface area contributed by atoms with Gasteiger partial charge >= 0.3 is 5.97 Å². The summed E-state index contributed by atoms with van der Waals surface area (Å²) in [5.74, 6) is 0.210. The van der Waals surface area contributed by atoms with Crippen LogP contribution in [0.4, 0.5) is 5.82 Å². The zero-order chi connectivity index (χ0) is 21.8. The first-order valence-corrected chi connectivity index (χ1v) is 9.98. The summed E-state index contributed by atoms with van der Waals surface area (Å²) in [6.45, 7) is 6.36. The Kier molecular flexibility index (Phi) is 6.51. The molecule has 1 aliphatic heterocycles. The standard InChI is InChI=1S/C21H24N4O4S/c1-5-10-25-13(3)17(19(26)22-16-11-12(2)29-24-16)18(23-21(25)30)14-6-8-15(9-7-14)20(27)28-4/h6-9,11,18H,5,10H2,1-4H3,(H,23,30)(H,22,24,26)/t18-/m1/s1.